The fourth-order valence-corrected chi connectivity index (χ4v) is 1.72. The van der Waals surface area contributed by atoms with Crippen LogP contribution in [0.15, 0.2) is 5.10 Å². The summed E-state index contributed by atoms with van der Waals surface area (Å²) in [4.78, 5) is 22.2. The maximum Gasteiger partial charge on any atom is 0.432 e. The first-order chi connectivity index (χ1) is 7.09. The summed E-state index contributed by atoms with van der Waals surface area (Å²) in [5.41, 5.74) is 0.719. The molecule has 2 heterocycles. The molecule has 2 amide bonds. The van der Waals surface area contributed by atoms with E-state index in [1.807, 2.05) is 0 Å². The Bertz CT molecular complexity index is 355. The molecule has 1 atom stereocenters. The number of nitrogens with zero attached hydrogens (tertiary/aromatic N) is 2. The third-order valence-electron chi connectivity index (χ3n) is 2.54. The molecule has 0 aliphatic carbocycles. The molecule has 0 aromatic rings. The summed E-state index contributed by atoms with van der Waals surface area (Å²) in [5.74, 6) is -0.647. The van der Waals surface area contributed by atoms with Crippen LogP contribution in [0.5, 0.6) is 0 Å². The Hall–Kier alpha value is -1.67. The van der Waals surface area contributed by atoms with Crippen LogP contribution in [0.1, 0.15) is 6.42 Å². The van der Waals surface area contributed by atoms with E-state index in [1.165, 1.54) is 0 Å². The molecule has 82 valence electrons. The van der Waals surface area contributed by atoms with E-state index < -0.39 is 17.5 Å². The van der Waals surface area contributed by atoms with E-state index in [9.17, 15) is 14.8 Å². The molecule has 15 heavy (non-hydrogen) atoms. The molecule has 2 rings (SSSR count). The second-order valence-electron chi connectivity index (χ2n) is 3.26. The Morgan fingerprint density at radius 2 is 2.40 bits per heavy atom. The van der Waals surface area contributed by atoms with E-state index in [0.717, 1.165) is 0 Å². The molecule has 2 aliphatic heterocycles. The molecule has 0 aromatic heterocycles. The standard InChI is InChI=1S/C7H9N3O5/c11-5-7(10(14)6(12)13)1-2-15-3-4(7)8-9-5/h14H,1-3H2,(H,9,11)(H,12,13). The third kappa shape index (κ3) is 1.18. The van der Waals surface area contributed by atoms with Gasteiger partial charge in [-0.25, -0.2) is 10.2 Å². The number of carboxylic acid groups (broad SMARTS) is 1. The van der Waals surface area contributed by atoms with Gasteiger partial charge in [-0.05, 0) is 0 Å². The quantitative estimate of drug-likeness (QED) is 0.383. The number of carbonyl (C=O) groups is 2. The first-order valence-corrected chi connectivity index (χ1v) is 4.26. The summed E-state index contributed by atoms with van der Waals surface area (Å²) in [5, 5.41) is 21.8. The van der Waals surface area contributed by atoms with Gasteiger partial charge in [-0.3, -0.25) is 10.0 Å². The van der Waals surface area contributed by atoms with Crippen molar-refractivity contribution in [2.24, 2.45) is 5.10 Å². The molecule has 2 aliphatic rings. The number of hydrogen-bond acceptors (Lipinski definition) is 5. The van der Waals surface area contributed by atoms with Gasteiger partial charge in [0.1, 0.15) is 5.71 Å². The Balaban J connectivity index is 2.40. The minimum Gasteiger partial charge on any atom is -0.463 e. The predicted molar refractivity (Wildman–Crippen MR) is 45.4 cm³/mol. The lowest BCUT2D eigenvalue weighted by molar-refractivity contribution is -0.157. The average molecular weight is 215 g/mol. The lowest BCUT2D eigenvalue weighted by atomic mass is 9.88. The number of rotatable bonds is 1. The number of carbonyl (C=O) groups excluding carboxylic acids is 1. The van der Waals surface area contributed by atoms with Gasteiger partial charge in [0.25, 0.3) is 5.91 Å². The Morgan fingerprint density at radius 1 is 1.67 bits per heavy atom. The molecule has 8 nitrogen and oxygen atoms in total. The van der Waals surface area contributed by atoms with E-state index >= 15 is 0 Å². The van der Waals surface area contributed by atoms with E-state index in [4.69, 9.17) is 9.84 Å². The van der Waals surface area contributed by atoms with Crippen molar-refractivity contribution >= 4 is 17.7 Å². The van der Waals surface area contributed by atoms with E-state index in [0.29, 0.717) is 0 Å². The molecule has 0 bridgehead atoms. The van der Waals surface area contributed by atoms with Gasteiger partial charge in [-0.1, -0.05) is 0 Å². The van der Waals surface area contributed by atoms with Crippen molar-refractivity contribution in [3.63, 3.8) is 0 Å². The Morgan fingerprint density at radius 3 is 3.07 bits per heavy atom. The van der Waals surface area contributed by atoms with Crippen molar-refractivity contribution in [1.29, 1.82) is 0 Å². The van der Waals surface area contributed by atoms with Crippen molar-refractivity contribution in [3.05, 3.63) is 0 Å². The number of amides is 2. The van der Waals surface area contributed by atoms with Gasteiger partial charge in [-0.15, -0.1) is 0 Å². The maximum absolute atomic E-state index is 11.5. The number of ether oxygens (including phenoxy) is 1. The van der Waals surface area contributed by atoms with Gasteiger partial charge in [0.15, 0.2) is 5.54 Å². The van der Waals surface area contributed by atoms with Gasteiger partial charge in [-0.2, -0.15) is 10.2 Å². The first-order valence-electron chi connectivity index (χ1n) is 4.26. The molecule has 1 fully saturated rings. The van der Waals surface area contributed by atoms with Crippen LogP contribution >= 0.6 is 0 Å². The maximum atomic E-state index is 11.5. The largest absolute Gasteiger partial charge is 0.463 e. The number of hydrazone groups is 1. The lowest BCUT2D eigenvalue weighted by Gasteiger charge is -2.35. The van der Waals surface area contributed by atoms with Crippen molar-refractivity contribution < 1.29 is 24.6 Å². The van der Waals surface area contributed by atoms with Gasteiger partial charge in [0.05, 0.1) is 13.2 Å². The molecule has 1 saturated heterocycles. The summed E-state index contributed by atoms with van der Waals surface area (Å²) < 4.78 is 5.03. The smallest absolute Gasteiger partial charge is 0.432 e. The van der Waals surface area contributed by atoms with Crippen LogP contribution < -0.4 is 5.43 Å². The zero-order valence-corrected chi connectivity index (χ0v) is 7.63. The van der Waals surface area contributed by atoms with Crippen molar-refractivity contribution in [1.82, 2.24) is 10.5 Å². The van der Waals surface area contributed by atoms with Crippen molar-refractivity contribution in [3.8, 4) is 0 Å². The van der Waals surface area contributed by atoms with Gasteiger partial charge in [0, 0.05) is 6.42 Å². The second kappa shape index (κ2) is 3.17. The van der Waals surface area contributed by atoms with Crippen LogP contribution in [0.3, 0.4) is 0 Å². The van der Waals surface area contributed by atoms with Gasteiger partial charge >= 0.3 is 6.09 Å². The number of hydrogen-bond donors (Lipinski definition) is 3. The van der Waals surface area contributed by atoms with E-state index in [1.54, 1.807) is 0 Å². The summed E-state index contributed by atoms with van der Waals surface area (Å²) >= 11 is 0. The third-order valence-corrected chi connectivity index (χ3v) is 2.54. The molecule has 0 aromatic carbocycles. The number of fused-ring (bicyclic) bond motifs is 1. The Kier molecular flexibility index (Phi) is 2.09. The van der Waals surface area contributed by atoms with Crippen LogP contribution in [0.25, 0.3) is 0 Å². The van der Waals surface area contributed by atoms with Crippen LogP contribution in [-0.2, 0) is 9.53 Å². The summed E-state index contributed by atoms with van der Waals surface area (Å²) in [6.07, 6.45) is -1.54. The summed E-state index contributed by atoms with van der Waals surface area (Å²) in [7, 11) is 0. The highest BCUT2D eigenvalue weighted by Gasteiger charge is 2.56. The molecule has 3 N–H and O–H groups in total. The van der Waals surface area contributed by atoms with Crippen LogP contribution in [0.2, 0.25) is 0 Å². The van der Waals surface area contributed by atoms with Crippen molar-refractivity contribution in [2.75, 3.05) is 13.2 Å². The minimum atomic E-state index is -1.61. The number of hydroxylamine groups is 2. The number of nitrogens with one attached hydrogen (secondary N) is 1. The lowest BCUT2D eigenvalue weighted by Crippen LogP contribution is -2.62. The Labute approximate surface area is 84.1 Å². The van der Waals surface area contributed by atoms with Crippen molar-refractivity contribution in [2.45, 2.75) is 12.0 Å². The van der Waals surface area contributed by atoms with Gasteiger partial charge < -0.3 is 9.84 Å². The summed E-state index contributed by atoms with van der Waals surface area (Å²) in [6, 6.07) is 0. The minimum absolute atomic E-state index is 0.00329. The first kappa shape index (κ1) is 9.87. The highest BCUT2D eigenvalue weighted by molar-refractivity contribution is 6.18. The monoisotopic (exact) mass is 215 g/mol. The zero-order chi connectivity index (χ0) is 11.1. The predicted octanol–water partition coefficient (Wildman–Crippen LogP) is -1.000. The highest BCUT2D eigenvalue weighted by atomic mass is 16.6. The normalized spacial score (nSPS) is 29.1. The molecule has 0 spiro atoms. The fourth-order valence-electron chi connectivity index (χ4n) is 1.72. The molecular formula is C7H9N3O5. The van der Waals surface area contributed by atoms with Crippen LogP contribution in [0, 0.1) is 0 Å². The molecule has 1 unspecified atom stereocenters. The molecule has 0 radical (unpaired) electrons. The zero-order valence-electron chi connectivity index (χ0n) is 7.63. The molecule has 8 heteroatoms. The van der Waals surface area contributed by atoms with E-state index in [-0.39, 0.29) is 30.4 Å². The fraction of sp³-hybridized carbons (Fsp3) is 0.571. The molecule has 0 saturated carbocycles. The van der Waals surface area contributed by atoms with E-state index in [2.05, 4.69) is 10.5 Å². The van der Waals surface area contributed by atoms with Crippen LogP contribution in [-0.4, -0.2) is 51.8 Å². The SMILES string of the molecule is O=C(O)N(O)C12CCOCC1=NNC2=O. The second-order valence-corrected chi connectivity index (χ2v) is 3.26. The highest BCUT2D eigenvalue weighted by Crippen LogP contribution is 2.28. The average Bonchev–Trinajstić information content (AvgIpc) is 2.57. The molecular weight excluding hydrogens is 206 g/mol. The van der Waals surface area contributed by atoms with Crippen LogP contribution in [0.4, 0.5) is 4.79 Å². The summed E-state index contributed by atoms with van der Waals surface area (Å²) in [6.45, 7) is 0.222. The topological polar surface area (TPSA) is 111 Å². The van der Waals surface area contributed by atoms with Gasteiger partial charge in [0.2, 0.25) is 0 Å².